The zero-order chi connectivity index (χ0) is 21.8. The number of ether oxygens (including phenoxy) is 1. The van der Waals surface area contributed by atoms with Gasteiger partial charge in [0.1, 0.15) is 5.82 Å². The molecule has 3 aromatic rings. The van der Waals surface area contributed by atoms with Crippen molar-refractivity contribution in [3.05, 3.63) is 88.8 Å². The Hall–Kier alpha value is -2.96. The Labute approximate surface area is 185 Å². The van der Waals surface area contributed by atoms with Crippen LogP contribution < -0.4 is 10.1 Å². The molecule has 0 aliphatic carbocycles. The van der Waals surface area contributed by atoms with Gasteiger partial charge in [-0.3, -0.25) is 9.69 Å². The monoisotopic (exact) mass is 439 g/mol. The molecule has 4 rings (SSSR count). The molecule has 1 N–H and O–H groups in total. The lowest BCUT2D eigenvalue weighted by molar-refractivity contribution is -0.119. The molecule has 1 aromatic heterocycles. The second kappa shape index (κ2) is 9.45. The Kier molecular flexibility index (Phi) is 6.49. The Balaban J connectivity index is 1.53. The van der Waals surface area contributed by atoms with E-state index in [-0.39, 0.29) is 23.7 Å². The van der Waals surface area contributed by atoms with E-state index in [1.165, 1.54) is 12.1 Å². The van der Waals surface area contributed by atoms with Gasteiger partial charge in [0, 0.05) is 30.2 Å². The molecule has 2 heterocycles. The summed E-state index contributed by atoms with van der Waals surface area (Å²) in [6.45, 7) is 1.18. The molecule has 7 heteroatoms. The topological polar surface area (TPSA) is 54.5 Å². The Morgan fingerprint density at radius 3 is 2.65 bits per heavy atom. The van der Waals surface area contributed by atoms with E-state index in [1.54, 1.807) is 37.6 Å². The van der Waals surface area contributed by atoms with Crippen LogP contribution in [0, 0.1) is 11.7 Å². The van der Waals surface area contributed by atoms with Crippen LogP contribution in [0.15, 0.2) is 66.9 Å². The van der Waals surface area contributed by atoms with Crippen molar-refractivity contribution in [2.75, 3.05) is 19.0 Å². The maximum Gasteiger partial charge on any atom is 0.228 e. The van der Waals surface area contributed by atoms with E-state index < -0.39 is 0 Å². The minimum absolute atomic E-state index is 0.0124. The van der Waals surface area contributed by atoms with E-state index in [4.69, 9.17) is 16.3 Å². The quantitative estimate of drug-likeness (QED) is 0.581. The van der Waals surface area contributed by atoms with Gasteiger partial charge in [0.25, 0.3) is 0 Å². The number of hydrogen-bond acceptors (Lipinski definition) is 4. The molecule has 0 spiro atoms. The van der Waals surface area contributed by atoms with Crippen molar-refractivity contribution in [1.82, 2.24) is 9.88 Å². The van der Waals surface area contributed by atoms with Gasteiger partial charge in [-0.25, -0.2) is 9.37 Å². The van der Waals surface area contributed by atoms with Crippen molar-refractivity contribution in [1.29, 1.82) is 0 Å². The number of likely N-dealkylation sites (tertiary alicyclic amines) is 1. The summed E-state index contributed by atoms with van der Waals surface area (Å²) in [5, 5.41) is 3.63. The third kappa shape index (κ3) is 5.03. The summed E-state index contributed by atoms with van der Waals surface area (Å²) in [5.41, 5.74) is 2.60. The summed E-state index contributed by atoms with van der Waals surface area (Å²) < 4.78 is 18.5. The molecule has 1 aliphatic rings. The predicted octanol–water partition coefficient (Wildman–Crippen LogP) is 5.08. The van der Waals surface area contributed by atoms with Crippen molar-refractivity contribution in [2.45, 2.75) is 19.0 Å². The Bertz CT molecular complexity index is 1040. The van der Waals surface area contributed by atoms with Gasteiger partial charge in [-0.1, -0.05) is 41.9 Å². The summed E-state index contributed by atoms with van der Waals surface area (Å²) >= 11 is 6.38. The molecule has 0 saturated carbocycles. The Morgan fingerprint density at radius 1 is 1.19 bits per heavy atom. The first-order chi connectivity index (χ1) is 15.0. The molecular formula is C24H23ClFN3O2. The molecule has 1 amide bonds. The average molecular weight is 440 g/mol. The summed E-state index contributed by atoms with van der Waals surface area (Å²) in [5.74, 6) is -0.0813. The van der Waals surface area contributed by atoms with Crippen LogP contribution in [0.5, 0.6) is 5.88 Å². The number of nitrogens with one attached hydrogen (secondary N) is 1. The fraction of sp³-hybridized carbons (Fsp3) is 0.250. The van der Waals surface area contributed by atoms with Crippen molar-refractivity contribution in [3.63, 3.8) is 0 Å². The van der Waals surface area contributed by atoms with E-state index in [9.17, 15) is 9.18 Å². The Morgan fingerprint density at radius 2 is 1.97 bits per heavy atom. The number of aromatic nitrogens is 1. The third-order valence-corrected chi connectivity index (χ3v) is 5.94. The molecule has 0 bridgehead atoms. The molecule has 1 aliphatic heterocycles. The predicted molar refractivity (Wildman–Crippen MR) is 119 cm³/mol. The zero-order valence-corrected chi connectivity index (χ0v) is 17.8. The van der Waals surface area contributed by atoms with Crippen LogP contribution in [-0.2, 0) is 11.3 Å². The van der Waals surface area contributed by atoms with Gasteiger partial charge in [-0.05, 0) is 41.8 Å². The second-order valence-electron chi connectivity index (χ2n) is 7.60. The maximum atomic E-state index is 13.5. The number of amides is 1. The molecule has 1 saturated heterocycles. The van der Waals surface area contributed by atoms with Crippen LogP contribution in [0.3, 0.4) is 0 Å². The molecule has 31 heavy (non-hydrogen) atoms. The van der Waals surface area contributed by atoms with Gasteiger partial charge in [-0.15, -0.1) is 0 Å². The van der Waals surface area contributed by atoms with Crippen molar-refractivity contribution >= 4 is 23.2 Å². The highest BCUT2D eigenvalue weighted by Crippen LogP contribution is 2.38. The number of carbonyl (C=O) groups excluding carboxylic acids is 1. The van der Waals surface area contributed by atoms with Crippen LogP contribution >= 0.6 is 11.6 Å². The number of hydrogen-bond donors (Lipinski definition) is 1. The molecule has 2 aromatic carbocycles. The standard InChI is InChI=1S/C24H23ClFN3O2/c1-31-23-11-10-20(13-27-23)28-24(30)18-12-22(16-6-8-19(26)9-7-16)29(15-18)14-17-4-2-3-5-21(17)25/h2-11,13,18,22H,12,14-15H2,1H3,(H,28,30)/t18-,22-/m1/s1. The minimum atomic E-state index is -0.277. The average Bonchev–Trinajstić information content (AvgIpc) is 3.20. The van der Waals surface area contributed by atoms with Gasteiger partial charge in [0.05, 0.1) is 24.9 Å². The summed E-state index contributed by atoms with van der Waals surface area (Å²) in [7, 11) is 1.54. The summed E-state index contributed by atoms with van der Waals surface area (Å²) in [6.07, 6.45) is 2.20. The van der Waals surface area contributed by atoms with Crippen molar-refractivity contribution in [3.8, 4) is 5.88 Å². The van der Waals surface area contributed by atoms with E-state index in [0.29, 0.717) is 36.1 Å². The molecule has 160 valence electrons. The van der Waals surface area contributed by atoms with Gasteiger partial charge < -0.3 is 10.1 Å². The zero-order valence-electron chi connectivity index (χ0n) is 17.1. The number of rotatable bonds is 6. The maximum absolute atomic E-state index is 13.5. The van der Waals surface area contributed by atoms with Crippen LogP contribution in [0.2, 0.25) is 5.02 Å². The first-order valence-electron chi connectivity index (χ1n) is 10.1. The van der Waals surface area contributed by atoms with E-state index >= 15 is 0 Å². The molecule has 1 fully saturated rings. The number of halogens is 2. The van der Waals surface area contributed by atoms with Gasteiger partial charge in [0.15, 0.2) is 0 Å². The molecule has 2 atom stereocenters. The van der Waals surface area contributed by atoms with Gasteiger partial charge in [-0.2, -0.15) is 0 Å². The first-order valence-corrected chi connectivity index (χ1v) is 10.4. The lowest BCUT2D eigenvalue weighted by atomic mass is 9.99. The van der Waals surface area contributed by atoms with E-state index in [0.717, 1.165) is 11.1 Å². The van der Waals surface area contributed by atoms with Crippen LogP contribution in [0.25, 0.3) is 0 Å². The fourth-order valence-electron chi connectivity index (χ4n) is 3.96. The number of pyridine rings is 1. The molecule has 0 unspecified atom stereocenters. The van der Waals surface area contributed by atoms with E-state index in [1.807, 2.05) is 24.3 Å². The number of nitrogens with zero attached hydrogens (tertiary/aromatic N) is 2. The smallest absolute Gasteiger partial charge is 0.228 e. The second-order valence-corrected chi connectivity index (χ2v) is 8.01. The summed E-state index contributed by atoms with van der Waals surface area (Å²) in [4.78, 5) is 19.3. The first kappa shape index (κ1) is 21.3. The summed E-state index contributed by atoms with van der Waals surface area (Å²) in [6, 6.07) is 17.6. The van der Waals surface area contributed by atoms with Gasteiger partial charge >= 0.3 is 0 Å². The molecule has 5 nitrogen and oxygen atoms in total. The fourth-order valence-corrected chi connectivity index (χ4v) is 4.16. The normalized spacial score (nSPS) is 18.7. The highest BCUT2D eigenvalue weighted by molar-refractivity contribution is 6.31. The molecule has 0 radical (unpaired) electrons. The number of anilines is 1. The van der Waals surface area contributed by atoms with Crippen LogP contribution in [0.4, 0.5) is 10.1 Å². The number of carbonyl (C=O) groups is 1. The van der Waals surface area contributed by atoms with E-state index in [2.05, 4.69) is 15.2 Å². The SMILES string of the molecule is COc1ccc(NC(=O)[C@@H]2C[C@H](c3ccc(F)cc3)N(Cc3ccccc3Cl)C2)cn1. The van der Waals surface area contributed by atoms with Crippen LogP contribution in [0.1, 0.15) is 23.6 Å². The minimum Gasteiger partial charge on any atom is -0.481 e. The van der Waals surface area contributed by atoms with Crippen molar-refractivity contribution in [2.24, 2.45) is 5.92 Å². The largest absolute Gasteiger partial charge is 0.481 e. The number of benzene rings is 2. The third-order valence-electron chi connectivity index (χ3n) is 5.57. The number of methoxy groups -OCH3 is 1. The molecular weight excluding hydrogens is 417 g/mol. The van der Waals surface area contributed by atoms with Crippen molar-refractivity contribution < 1.29 is 13.9 Å². The lowest BCUT2D eigenvalue weighted by Gasteiger charge is -2.25. The van der Waals surface area contributed by atoms with Gasteiger partial charge in [0.2, 0.25) is 11.8 Å². The van der Waals surface area contributed by atoms with Crippen LogP contribution in [-0.4, -0.2) is 29.4 Å². The highest BCUT2D eigenvalue weighted by Gasteiger charge is 2.37. The highest BCUT2D eigenvalue weighted by atomic mass is 35.5. The lowest BCUT2D eigenvalue weighted by Crippen LogP contribution is -2.27.